The molecule has 4 aliphatic carbocycles. The van der Waals surface area contributed by atoms with E-state index in [9.17, 15) is 26.4 Å². The number of fused-ring (bicyclic) bond motifs is 2. The molecule has 3 bridgehead atoms. The molecule has 0 heterocycles. The third-order valence-electron chi connectivity index (χ3n) is 6.88. The van der Waals surface area contributed by atoms with Crippen LogP contribution in [0.3, 0.4) is 0 Å². The molecular formula is C15H19F3O5S. The zero-order valence-electron chi connectivity index (χ0n) is 12.9. The molecule has 4 fully saturated rings. The summed E-state index contributed by atoms with van der Waals surface area (Å²) < 4.78 is 74.1. The molecule has 0 radical (unpaired) electrons. The SMILES string of the molecule is O=C(OC(CS(=O)(=O)O)C(F)(F)F)C12CC3CC4CC(C1)C4(C3)C2. The van der Waals surface area contributed by atoms with Crippen LogP contribution in [-0.4, -0.2) is 37.0 Å². The summed E-state index contributed by atoms with van der Waals surface area (Å²) >= 11 is 0. The standard InChI is InChI=1S/C15H19F3O5S/c16-15(17,18)11(6-24(20,21)22)23-12(19)13-3-8-1-9-2-10(5-13)14(9,4-8)7-13/h8-11H,1-7H2,(H,20,21,22). The second-order valence-corrected chi connectivity index (χ2v) is 9.72. The molecular weight excluding hydrogens is 349 g/mol. The first-order valence-electron chi connectivity index (χ1n) is 8.17. The summed E-state index contributed by atoms with van der Waals surface area (Å²) in [6.07, 6.45) is -3.05. The fourth-order valence-electron chi connectivity index (χ4n) is 6.24. The van der Waals surface area contributed by atoms with E-state index in [1.807, 2.05) is 0 Å². The molecule has 4 saturated carbocycles. The number of alkyl halides is 3. The van der Waals surface area contributed by atoms with Crippen LogP contribution in [0, 0.1) is 28.6 Å². The van der Waals surface area contributed by atoms with Gasteiger partial charge in [0.15, 0.2) is 0 Å². The lowest BCUT2D eigenvalue weighted by molar-refractivity contribution is -0.222. The number of hydrogen-bond donors (Lipinski definition) is 1. The zero-order chi connectivity index (χ0) is 17.5. The number of esters is 1. The lowest BCUT2D eigenvalue weighted by Gasteiger charge is -2.49. The molecule has 0 saturated heterocycles. The Bertz CT molecular complexity index is 686. The van der Waals surface area contributed by atoms with Crippen molar-refractivity contribution in [3.8, 4) is 0 Å². The van der Waals surface area contributed by atoms with E-state index in [0.717, 1.165) is 19.3 Å². The third-order valence-corrected chi connectivity index (χ3v) is 7.60. The average Bonchev–Trinajstić information content (AvgIpc) is 2.71. The molecule has 1 N–H and O–H groups in total. The number of hydrogen-bond acceptors (Lipinski definition) is 4. The zero-order valence-corrected chi connectivity index (χ0v) is 13.7. The lowest BCUT2D eigenvalue weighted by atomic mass is 9.55. The largest absolute Gasteiger partial charge is 0.451 e. The van der Waals surface area contributed by atoms with E-state index >= 15 is 0 Å². The fourth-order valence-corrected chi connectivity index (χ4v) is 6.88. The number of ether oxygens (including phenoxy) is 1. The van der Waals surface area contributed by atoms with Gasteiger partial charge in [0.05, 0.1) is 5.41 Å². The summed E-state index contributed by atoms with van der Waals surface area (Å²) in [6, 6.07) is 0. The lowest BCUT2D eigenvalue weighted by Crippen LogP contribution is -2.45. The Labute approximate surface area is 137 Å². The third kappa shape index (κ3) is 2.30. The summed E-state index contributed by atoms with van der Waals surface area (Å²) in [5.41, 5.74) is -0.791. The first-order chi connectivity index (χ1) is 10.9. The van der Waals surface area contributed by atoms with Crippen LogP contribution >= 0.6 is 0 Å². The van der Waals surface area contributed by atoms with Gasteiger partial charge in [-0.3, -0.25) is 9.35 Å². The maximum Gasteiger partial charge on any atom is 0.426 e. The molecule has 136 valence electrons. The van der Waals surface area contributed by atoms with Crippen molar-refractivity contribution in [1.29, 1.82) is 0 Å². The second kappa shape index (κ2) is 4.66. The quantitative estimate of drug-likeness (QED) is 0.609. The predicted octanol–water partition coefficient (Wildman–Crippen LogP) is 2.56. The van der Waals surface area contributed by atoms with Crippen LogP contribution in [0.2, 0.25) is 0 Å². The van der Waals surface area contributed by atoms with Gasteiger partial charge in [-0.25, -0.2) is 0 Å². The molecule has 1 spiro atoms. The Kier molecular flexibility index (Phi) is 3.23. The smallest absolute Gasteiger partial charge is 0.426 e. The maximum atomic E-state index is 13.0. The van der Waals surface area contributed by atoms with Gasteiger partial charge in [-0.2, -0.15) is 21.6 Å². The Hall–Kier alpha value is -0.830. The molecule has 6 atom stereocenters. The van der Waals surface area contributed by atoms with Crippen molar-refractivity contribution in [3.05, 3.63) is 0 Å². The minimum atomic E-state index is -5.03. The summed E-state index contributed by atoms with van der Waals surface area (Å²) in [4.78, 5) is 12.6. The van der Waals surface area contributed by atoms with E-state index < -0.39 is 39.5 Å². The van der Waals surface area contributed by atoms with E-state index in [1.54, 1.807) is 0 Å². The number of carbonyl (C=O) groups is 1. The van der Waals surface area contributed by atoms with Crippen LogP contribution in [0.15, 0.2) is 0 Å². The summed E-state index contributed by atoms with van der Waals surface area (Å²) in [5, 5.41) is 0. The molecule has 9 heteroatoms. The van der Waals surface area contributed by atoms with Crippen LogP contribution < -0.4 is 0 Å². The minimum Gasteiger partial charge on any atom is -0.451 e. The molecule has 0 aromatic carbocycles. The fraction of sp³-hybridized carbons (Fsp3) is 0.933. The van der Waals surface area contributed by atoms with Gasteiger partial charge in [0, 0.05) is 0 Å². The molecule has 4 aliphatic rings. The normalized spacial score (nSPS) is 44.1. The van der Waals surface area contributed by atoms with Crippen LogP contribution in [0.4, 0.5) is 13.2 Å². The van der Waals surface area contributed by atoms with Gasteiger partial charge < -0.3 is 4.74 Å². The van der Waals surface area contributed by atoms with E-state index in [4.69, 9.17) is 4.55 Å². The highest BCUT2D eigenvalue weighted by Gasteiger charge is 2.73. The van der Waals surface area contributed by atoms with Crippen molar-refractivity contribution in [3.63, 3.8) is 0 Å². The van der Waals surface area contributed by atoms with E-state index in [-0.39, 0.29) is 5.41 Å². The van der Waals surface area contributed by atoms with Gasteiger partial charge in [0.25, 0.3) is 10.1 Å². The molecule has 0 aromatic rings. The molecule has 6 unspecified atom stereocenters. The first-order valence-corrected chi connectivity index (χ1v) is 9.77. The Morgan fingerprint density at radius 1 is 1.21 bits per heavy atom. The Morgan fingerprint density at radius 2 is 1.92 bits per heavy atom. The number of carbonyl (C=O) groups excluding carboxylic acids is 1. The summed E-state index contributed by atoms with van der Waals surface area (Å²) in [6.45, 7) is 0. The van der Waals surface area contributed by atoms with Gasteiger partial charge in [0.2, 0.25) is 6.10 Å². The van der Waals surface area contributed by atoms with Gasteiger partial charge in [-0.1, -0.05) is 0 Å². The van der Waals surface area contributed by atoms with Crippen LogP contribution in [-0.2, 0) is 19.6 Å². The van der Waals surface area contributed by atoms with Crippen molar-refractivity contribution in [1.82, 2.24) is 0 Å². The molecule has 0 amide bonds. The molecule has 4 rings (SSSR count). The summed E-state index contributed by atoms with van der Waals surface area (Å²) in [7, 11) is -4.91. The number of halogens is 3. The maximum absolute atomic E-state index is 13.0. The molecule has 0 aromatic heterocycles. The molecule has 0 aliphatic heterocycles. The highest BCUT2D eigenvalue weighted by atomic mass is 32.2. The Morgan fingerprint density at radius 3 is 2.54 bits per heavy atom. The van der Waals surface area contributed by atoms with Crippen LogP contribution in [0.5, 0.6) is 0 Å². The molecule has 5 nitrogen and oxygen atoms in total. The first kappa shape index (κ1) is 16.6. The average molecular weight is 368 g/mol. The number of rotatable bonds is 4. The molecule has 24 heavy (non-hydrogen) atoms. The van der Waals surface area contributed by atoms with Crippen molar-refractivity contribution in [2.24, 2.45) is 28.6 Å². The van der Waals surface area contributed by atoms with Gasteiger partial charge in [-0.15, -0.1) is 0 Å². The van der Waals surface area contributed by atoms with Crippen molar-refractivity contribution >= 4 is 16.1 Å². The van der Waals surface area contributed by atoms with Crippen LogP contribution in [0.25, 0.3) is 0 Å². The van der Waals surface area contributed by atoms with Crippen molar-refractivity contribution in [2.45, 2.75) is 50.8 Å². The van der Waals surface area contributed by atoms with Gasteiger partial charge in [-0.05, 0) is 61.7 Å². The topological polar surface area (TPSA) is 80.7 Å². The van der Waals surface area contributed by atoms with Gasteiger partial charge >= 0.3 is 12.1 Å². The van der Waals surface area contributed by atoms with E-state index in [1.165, 1.54) is 0 Å². The van der Waals surface area contributed by atoms with Gasteiger partial charge in [0.1, 0.15) is 5.75 Å². The van der Waals surface area contributed by atoms with Crippen molar-refractivity contribution in [2.75, 3.05) is 5.75 Å². The highest BCUT2D eigenvalue weighted by Crippen LogP contribution is 2.79. The second-order valence-electron chi connectivity index (χ2n) is 8.22. The Balaban J connectivity index is 1.55. The van der Waals surface area contributed by atoms with E-state index in [0.29, 0.717) is 37.0 Å². The van der Waals surface area contributed by atoms with Crippen molar-refractivity contribution < 1.29 is 35.7 Å². The van der Waals surface area contributed by atoms with Crippen LogP contribution in [0.1, 0.15) is 38.5 Å². The summed E-state index contributed by atoms with van der Waals surface area (Å²) in [5.74, 6) is -1.27. The minimum absolute atomic E-state index is 0.110. The highest BCUT2D eigenvalue weighted by molar-refractivity contribution is 7.85. The predicted molar refractivity (Wildman–Crippen MR) is 75.4 cm³/mol. The van der Waals surface area contributed by atoms with E-state index in [2.05, 4.69) is 4.74 Å². The monoisotopic (exact) mass is 368 g/mol.